The van der Waals surface area contributed by atoms with E-state index in [-0.39, 0.29) is 32.1 Å². The van der Waals surface area contributed by atoms with Gasteiger partial charge in [-0.2, -0.15) is 13.2 Å². The first kappa shape index (κ1) is 23.0. The summed E-state index contributed by atoms with van der Waals surface area (Å²) >= 11 is 5.87. The highest BCUT2D eigenvalue weighted by molar-refractivity contribution is 6.33. The molecule has 0 amide bonds. The molecule has 0 aliphatic carbocycles. The monoisotopic (exact) mass is 449 g/mol. The lowest BCUT2D eigenvalue weighted by atomic mass is 10.2. The molecular weight excluding hydrogens is 438 g/mol. The topological polar surface area (TPSA) is 99.7 Å². The first-order chi connectivity index (χ1) is 13.9. The summed E-state index contributed by atoms with van der Waals surface area (Å²) < 4.78 is 58.0. The van der Waals surface area contributed by atoms with E-state index in [4.69, 9.17) is 11.6 Å². The van der Waals surface area contributed by atoms with Crippen LogP contribution in [0.2, 0.25) is 5.02 Å². The number of halogens is 5. The number of carbonyl (C=O) groups excluding carboxylic acids is 2. The van der Waals surface area contributed by atoms with Gasteiger partial charge < -0.3 is 9.53 Å². The largest absolute Gasteiger partial charge is 0.467 e. The van der Waals surface area contributed by atoms with Crippen molar-refractivity contribution >= 4 is 30.1 Å². The second-order valence-electron chi connectivity index (χ2n) is 5.75. The Morgan fingerprint density at radius 1 is 1.27 bits per heavy atom. The maximum Gasteiger partial charge on any atom is 0.431 e. The molecular formula is C17H12ClF4N3O5. The minimum Gasteiger partial charge on any atom is -0.467 e. The van der Waals surface area contributed by atoms with Crippen molar-refractivity contribution in [2.75, 3.05) is 7.11 Å². The summed E-state index contributed by atoms with van der Waals surface area (Å²) in [5.41, 5.74) is -5.25. The van der Waals surface area contributed by atoms with Crippen molar-refractivity contribution in [3.05, 3.63) is 61.1 Å². The first-order valence-electron chi connectivity index (χ1n) is 7.88. The summed E-state index contributed by atoms with van der Waals surface area (Å²) in [6.45, 7) is 0. The van der Waals surface area contributed by atoms with Gasteiger partial charge in [0.25, 0.3) is 5.56 Å². The van der Waals surface area contributed by atoms with E-state index in [0.717, 1.165) is 26.4 Å². The number of carbonyl (C=O) groups is 2. The molecule has 2 aromatic rings. The molecule has 13 heteroatoms. The maximum atomic E-state index is 14.4. The van der Waals surface area contributed by atoms with Crippen LogP contribution in [0.3, 0.4) is 0 Å². The zero-order chi connectivity index (χ0) is 22.8. The zero-order valence-corrected chi connectivity index (χ0v) is 16.0. The molecule has 160 valence electrons. The van der Waals surface area contributed by atoms with E-state index in [2.05, 4.69) is 9.73 Å². The Kier molecular flexibility index (Phi) is 6.60. The van der Waals surface area contributed by atoms with Crippen molar-refractivity contribution in [3.63, 3.8) is 0 Å². The van der Waals surface area contributed by atoms with E-state index in [0.29, 0.717) is 6.07 Å². The van der Waals surface area contributed by atoms with Crippen LogP contribution in [-0.4, -0.2) is 40.8 Å². The fourth-order valence-electron chi connectivity index (χ4n) is 2.38. The molecule has 0 spiro atoms. The van der Waals surface area contributed by atoms with Gasteiger partial charge in [0.1, 0.15) is 11.5 Å². The molecule has 0 bridgehead atoms. The Labute approximate surface area is 170 Å². The van der Waals surface area contributed by atoms with Crippen molar-refractivity contribution in [1.29, 1.82) is 0 Å². The van der Waals surface area contributed by atoms with Gasteiger partial charge >= 0.3 is 17.8 Å². The van der Waals surface area contributed by atoms with Gasteiger partial charge in [-0.25, -0.2) is 18.5 Å². The van der Waals surface area contributed by atoms with Crippen molar-refractivity contribution in [2.24, 2.45) is 12.0 Å². The highest BCUT2D eigenvalue weighted by atomic mass is 35.5. The number of rotatable bonds is 5. The molecule has 0 saturated carbocycles. The second-order valence-corrected chi connectivity index (χ2v) is 6.16. The number of alkyl halides is 3. The van der Waals surface area contributed by atoms with E-state index < -0.39 is 46.6 Å². The maximum absolute atomic E-state index is 14.4. The van der Waals surface area contributed by atoms with Gasteiger partial charge in [-0.1, -0.05) is 11.6 Å². The smallest absolute Gasteiger partial charge is 0.431 e. The van der Waals surface area contributed by atoms with Crippen molar-refractivity contribution in [1.82, 2.24) is 9.13 Å². The molecule has 0 aliphatic heterocycles. The lowest BCUT2D eigenvalue weighted by Gasteiger charge is -2.15. The van der Waals surface area contributed by atoms with Gasteiger partial charge in [0.2, 0.25) is 6.04 Å². The third-order valence-electron chi connectivity index (χ3n) is 3.86. The minimum atomic E-state index is -4.99. The van der Waals surface area contributed by atoms with Gasteiger partial charge in [-0.05, 0) is 12.1 Å². The second kappa shape index (κ2) is 8.61. The van der Waals surface area contributed by atoms with Crippen LogP contribution in [0.25, 0.3) is 5.69 Å². The highest BCUT2D eigenvalue weighted by Crippen LogP contribution is 2.27. The van der Waals surface area contributed by atoms with Crippen molar-refractivity contribution < 1.29 is 31.9 Å². The third-order valence-corrected chi connectivity index (χ3v) is 4.19. The highest BCUT2D eigenvalue weighted by Gasteiger charge is 2.35. The van der Waals surface area contributed by atoms with Crippen LogP contribution in [0.1, 0.15) is 11.3 Å². The number of hydrogen-bond acceptors (Lipinski definition) is 6. The molecule has 0 N–H and O–H groups in total. The summed E-state index contributed by atoms with van der Waals surface area (Å²) in [5.74, 6) is -2.18. The molecule has 1 atom stereocenters. The lowest BCUT2D eigenvalue weighted by molar-refractivity contribution is -0.144. The van der Waals surface area contributed by atoms with Gasteiger partial charge in [0.15, 0.2) is 6.29 Å². The lowest BCUT2D eigenvalue weighted by Crippen LogP contribution is -2.41. The summed E-state index contributed by atoms with van der Waals surface area (Å²) in [7, 11) is 1.78. The Morgan fingerprint density at radius 2 is 1.90 bits per heavy atom. The molecule has 2 rings (SSSR count). The number of aromatic nitrogens is 2. The number of ether oxygens (including phenoxy) is 1. The van der Waals surface area contributed by atoms with Crippen LogP contribution < -0.4 is 11.2 Å². The van der Waals surface area contributed by atoms with Crippen LogP contribution in [0.5, 0.6) is 0 Å². The number of esters is 1. The fraction of sp³-hybridized carbons (Fsp3) is 0.235. The van der Waals surface area contributed by atoms with Gasteiger partial charge in [-0.15, -0.1) is 0 Å². The van der Waals surface area contributed by atoms with Crippen LogP contribution in [0.15, 0.2) is 32.8 Å². The minimum absolute atomic E-state index is 0.127. The molecule has 0 radical (unpaired) electrons. The van der Waals surface area contributed by atoms with Crippen LogP contribution in [0.4, 0.5) is 17.6 Å². The average molecular weight is 450 g/mol. The van der Waals surface area contributed by atoms with Crippen molar-refractivity contribution in [2.45, 2.75) is 12.2 Å². The Morgan fingerprint density at radius 3 is 2.43 bits per heavy atom. The van der Waals surface area contributed by atoms with Gasteiger partial charge in [-0.3, -0.25) is 14.4 Å². The summed E-state index contributed by atoms with van der Waals surface area (Å²) in [4.78, 5) is 50.4. The van der Waals surface area contributed by atoms with E-state index >= 15 is 0 Å². The summed E-state index contributed by atoms with van der Waals surface area (Å²) in [6, 6.07) is 0.135. The molecule has 1 aromatic heterocycles. The predicted molar refractivity (Wildman–Crippen MR) is 96.7 cm³/mol. The molecule has 0 fully saturated rings. The van der Waals surface area contributed by atoms with Crippen LogP contribution in [0, 0.1) is 5.82 Å². The quantitative estimate of drug-likeness (QED) is 0.226. The van der Waals surface area contributed by atoms with Crippen LogP contribution in [-0.2, 0) is 27.5 Å². The molecule has 8 nitrogen and oxygen atoms in total. The number of aliphatic imine (C=N–C) groups is 1. The van der Waals surface area contributed by atoms with Crippen molar-refractivity contribution in [3.8, 4) is 5.69 Å². The Hall–Kier alpha value is -3.28. The number of nitrogens with zero attached hydrogens (tertiary/aromatic N) is 3. The first-order valence-corrected chi connectivity index (χ1v) is 8.26. The normalized spacial score (nSPS) is 12.8. The standard InChI is InChI=1S/C17H12ClF4N3O5/c1-24-13(17(20,21)22)5-14(27)25(16(24)29)12-3-8(9(18)4-10(12)19)6-23-11(7-26)15(28)30-2/h3-7,11H,1-2H3. The number of hydrogen-bond donors (Lipinski definition) is 0. The van der Waals surface area contributed by atoms with E-state index in [1.54, 1.807) is 0 Å². The number of benzene rings is 1. The molecule has 30 heavy (non-hydrogen) atoms. The summed E-state index contributed by atoms with van der Waals surface area (Å²) in [5, 5.41) is -0.272. The molecule has 1 unspecified atom stereocenters. The number of aldehydes is 1. The zero-order valence-electron chi connectivity index (χ0n) is 15.2. The molecule has 1 aromatic carbocycles. The number of methoxy groups -OCH3 is 1. The van der Waals surface area contributed by atoms with E-state index in [9.17, 15) is 36.7 Å². The third kappa shape index (κ3) is 4.48. The predicted octanol–water partition coefficient (Wildman–Crippen LogP) is 1.51. The summed E-state index contributed by atoms with van der Waals surface area (Å²) in [6.07, 6.45) is -3.93. The van der Waals surface area contributed by atoms with E-state index in [1.165, 1.54) is 0 Å². The molecule has 0 saturated heterocycles. The molecule has 0 aliphatic rings. The van der Waals surface area contributed by atoms with E-state index in [1.807, 2.05) is 0 Å². The van der Waals surface area contributed by atoms with Gasteiger partial charge in [0, 0.05) is 24.9 Å². The Balaban J connectivity index is 2.68. The van der Waals surface area contributed by atoms with Crippen LogP contribution >= 0.6 is 11.6 Å². The Bertz CT molecular complexity index is 1150. The SMILES string of the molecule is COC(=O)C(C=O)N=Cc1cc(-n2c(=O)cc(C(F)(F)F)n(C)c2=O)c(F)cc1Cl. The average Bonchev–Trinajstić information content (AvgIpc) is 2.66. The fourth-order valence-corrected chi connectivity index (χ4v) is 2.58. The molecule has 1 heterocycles. The van der Waals surface area contributed by atoms with Gasteiger partial charge in [0.05, 0.1) is 17.8 Å².